The second-order valence-electron chi connectivity index (χ2n) is 19.1. The van der Waals surface area contributed by atoms with Crippen LogP contribution >= 0.6 is 0 Å². The first-order chi connectivity index (χ1) is 33.2. The number of ketones is 3. The summed E-state index contributed by atoms with van der Waals surface area (Å²) < 4.78 is 12.3. The Morgan fingerprint density at radius 1 is 0.886 bits per heavy atom. The first kappa shape index (κ1) is 54.5. The summed E-state index contributed by atoms with van der Waals surface area (Å²) in [5, 5.41) is 32.9. The highest BCUT2D eigenvalue weighted by molar-refractivity contribution is 6.01. The highest BCUT2D eigenvalue weighted by atomic mass is 16.5. The topological polar surface area (TPSA) is 287 Å². The molecule has 5 rings (SSSR count). The van der Waals surface area contributed by atoms with Gasteiger partial charge in [0.1, 0.15) is 43.0 Å². The maximum absolute atomic E-state index is 14.9. The summed E-state index contributed by atoms with van der Waals surface area (Å²) in [4.78, 5) is 82.2. The molecule has 0 aliphatic carbocycles. The van der Waals surface area contributed by atoms with E-state index >= 15 is 0 Å². The van der Waals surface area contributed by atoms with Gasteiger partial charge in [-0.25, -0.2) is 9.97 Å². The van der Waals surface area contributed by atoms with Crippen molar-refractivity contribution in [1.29, 1.82) is 5.26 Å². The van der Waals surface area contributed by atoms with Crippen LogP contribution < -0.4 is 32.0 Å². The van der Waals surface area contributed by atoms with Crippen molar-refractivity contribution >= 4 is 29.2 Å². The number of aromatic nitrogens is 2. The van der Waals surface area contributed by atoms with Crippen LogP contribution in [0.1, 0.15) is 104 Å². The number of hydrogen-bond acceptors (Lipinski definition) is 15. The molecule has 17 nitrogen and oxygen atoms in total. The molecule has 0 spiro atoms. The third-order valence-corrected chi connectivity index (χ3v) is 12.5. The second-order valence-corrected chi connectivity index (χ2v) is 19.1. The van der Waals surface area contributed by atoms with Gasteiger partial charge < -0.3 is 47.1 Å². The number of likely N-dealkylation sites (N-methyl/N-ethyl adjacent to an activating group) is 1. The lowest BCUT2D eigenvalue weighted by Gasteiger charge is -2.32. The molecule has 0 fully saturated rings. The van der Waals surface area contributed by atoms with E-state index in [9.17, 15) is 39.4 Å². The summed E-state index contributed by atoms with van der Waals surface area (Å²) in [5.74, 6) is -3.44. The van der Waals surface area contributed by atoms with Crippen LogP contribution in [0.25, 0.3) is 22.5 Å². The number of nitriles is 1. The number of ether oxygens (including phenoxy) is 2. The zero-order valence-corrected chi connectivity index (χ0v) is 41.3. The minimum Gasteiger partial charge on any atom is -0.490 e. The van der Waals surface area contributed by atoms with Crippen LogP contribution in [-0.4, -0.2) is 112 Å². The quantitative estimate of drug-likeness (QED) is 0.0712. The molecular formula is C53H68N8O9. The van der Waals surface area contributed by atoms with Gasteiger partial charge in [0.05, 0.1) is 29.1 Å². The van der Waals surface area contributed by atoms with Gasteiger partial charge in [-0.05, 0) is 79.6 Å². The first-order valence-corrected chi connectivity index (χ1v) is 23.7. The van der Waals surface area contributed by atoms with Crippen LogP contribution in [0.5, 0.6) is 11.5 Å². The number of nitrogens with zero attached hydrogens (tertiary/aromatic N) is 4. The molecular weight excluding hydrogens is 893 g/mol. The van der Waals surface area contributed by atoms with E-state index in [1.807, 2.05) is 30.3 Å². The van der Waals surface area contributed by atoms with E-state index in [1.165, 1.54) is 11.9 Å². The molecule has 0 radical (unpaired) electrons. The molecule has 374 valence electrons. The average Bonchev–Trinajstić information content (AvgIpc) is 3.32. The molecule has 1 aromatic heterocycles. The largest absolute Gasteiger partial charge is 0.490 e. The van der Waals surface area contributed by atoms with Crippen LogP contribution in [-0.2, 0) is 31.0 Å². The average molecular weight is 961 g/mol. The number of aliphatic hydroxyl groups excluding tert-OH is 2. The lowest BCUT2D eigenvalue weighted by molar-refractivity contribution is -0.142. The number of nitrogens with one attached hydrogen (secondary N) is 1. The summed E-state index contributed by atoms with van der Waals surface area (Å²) >= 11 is 0. The molecule has 0 saturated heterocycles. The Hall–Kier alpha value is -6.42. The lowest BCUT2D eigenvalue weighted by atomic mass is 9.86. The molecule has 4 aromatic rings. The van der Waals surface area contributed by atoms with Gasteiger partial charge in [0.15, 0.2) is 23.2 Å². The molecule has 1 aliphatic heterocycles. The van der Waals surface area contributed by atoms with E-state index in [4.69, 9.17) is 36.6 Å². The van der Waals surface area contributed by atoms with Crippen LogP contribution in [0.4, 0.5) is 0 Å². The summed E-state index contributed by atoms with van der Waals surface area (Å²) in [7, 11) is 1.46. The smallest absolute Gasteiger partial charge is 0.226 e. The standard InChI is InChI=1S/C53H68N8O9/c1-30-21-45(66)49(61(7)52(68)36(18-20-55)25-44(65)48-31(2)58-50(59-32(48)3)34-11-14-37(15-12-34)53(4,5)6)35-13-17-47(70-29-39(63)27-57)41(24-35)40-22-33(10-16-46(40)69-28-38(62)26-56)23-42(60-51(30)67)43(64)9-8-19-54/h10-17,22,24,30,36,38-39,42,49,62-63H,8-9,18,20-21,23,25-29,55-57H2,1-7H3,(H,60,67)/t30-,36-,38-,39-,42+,49+/m1/s1. The van der Waals surface area contributed by atoms with Gasteiger partial charge in [-0.2, -0.15) is 5.26 Å². The molecule has 17 heteroatoms. The van der Waals surface area contributed by atoms with Gasteiger partial charge in [0, 0.05) is 74.3 Å². The van der Waals surface area contributed by atoms with Crippen LogP contribution in [0.15, 0.2) is 60.7 Å². The molecule has 2 amide bonds. The van der Waals surface area contributed by atoms with Crippen LogP contribution in [0.3, 0.4) is 0 Å². The lowest BCUT2D eigenvalue weighted by Crippen LogP contribution is -2.46. The van der Waals surface area contributed by atoms with Gasteiger partial charge in [-0.15, -0.1) is 0 Å². The molecule has 4 bridgehead atoms. The predicted octanol–water partition coefficient (Wildman–Crippen LogP) is 4.37. The first-order valence-electron chi connectivity index (χ1n) is 23.7. The van der Waals surface area contributed by atoms with Crippen molar-refractivity contribution in [3.63, 3.8) is 0 Å². The third-order valence-electron chi connectivity index (χ3n) is 12.5. The molecule has 1 aliphatic rings. The fraction of sp³-hybridized carbons (Fsp3) is 0.472. The fourth-order valence-corrected chi connectivity index (χ4v) is 8.51. The number of carbonyl (C=O) groups excluding carboxylic acids is 5. The van der Waals surface area contributed by atoms with Crippen molar-refractivity contribution in [2.75, 3.05) is 39.9 Å². The zero-order chi connectivity index (χ0) is 51.4. The number of hydrogen-bond donors (Lipinski definition) is 6. The number of amides is 2. The second kappa shape index (κ2) is 24.4. The van der Waals surface area contributed by atoms with Gasteiger partial charge in [-0.3, -0.25) is 24.0 Å². The van der Waals surface area contributed by atoms with E-state index in [0.717, 1.165) is 11.1 Å². The molecule has 3 aromatic carbocycles. The van der Waals surface area contributed by atoms with Gasteiger partial charge >= 0.3 is 0 Å². The number of Topliss-reactive ketones (excluding diaryl/α,β-unsaturated/α-hetero) is 3. The fourth-order valence-electron chi connectivity index (χ4n) is 8.51. The zero-order valence-electron chi connectivity index (χ0n) is 41.3. The molecule has 2 heterocycles. The summed E-state index contributed by atoms with van der Waals surface area (Å²) in [6, 6.07) is 17.4. The number of carbonyl (C=O) groups is 5. The van der Waals surface area contributed by atoms with Gasteiger partial charge in [0.25, 0.3) is 0 Å². The molecule has 6 atom stereocenters. The highest BCUT2D eigenvalue weighted by Crippen LogP contribution is 2.41. The van der Waals surface area contributed by atoms with Crippen molar-refractivity contribution in [1.82, 2.24) is 20.2 Å². The highest BCUT2D eigenvalue weighted by Gasteiger charge is 2.37. The van der Waals surface area contributed by atoms with Crippen molar-refractivity contribution in [3.05, 3.63) is 94.3 Å². The Balaban J connectivity index is 1.61. The van der Waals surface area contributed by atoms with Crippen LogP contribution in [0.2, 0.25) is 0 Å². The van der Waals surface area contributed by atoms with E-state index < -0.39 is 59.5 Å². The summed E-state index contributed by atoms with van der Waals surface area (Å²) in [6.45, 7) is 10.8. The predicted molar refractivity (Wildman–Crippen MR) is 265 cm³/mol. The molecule has 9 N–H and O–H groups in total. The third kappa shape index (κ3) is 13.7. The Bertz CT molecular complexity index is 2550. The number of aliphatic hydroxyl groups is 2. The molecule has 70 heavy (non-hydrogen) atoms. The molecule has 0 saturated carbocycles. The minimum atomic E-state index is -1.33. The van der Waals surface area contributed by atoms with Crippen molar-refractivity contribution in [3.8, 4) is 40.1 Å². The summed E-state index contributed by atoms with van der Waals surface area (Å²) in [6.07, 6.45) is -2.80. The minimum absolute atomic E-state index is 0.0129. The number of fused-ring (bicyclic) bond motifs is 5. The van der Waals surface area contributed by atoms with E-state index in [-0.39, 0.29) is 99.6 Å². The van der Waals surface area contributed by atoms with E-state index in [1.54, 1.807) is 57.2 Å². The Morgan fingerprint density at radius 3 is 2.03 bits per heavy atom. The van der Waals surface area contributed by atoms with E-state index in [2.05, 4.69) is 26.1 Å². The van der Waals surface area contributed by atoms with Crippen molar-refractivity contribution < 1.29 is 43.7 Å². The van der Waals surface area contributed by atoms with Gasteiger partial charge in [-0.1, -0.05) is 64.1 Å². The Morgan fingerprint density at radius 2 is 1.47 bits per heavy atom. The molecule has 0 unspecified atom stereocenters. The van der Waals surface area contributed by atoms with Gasteiger partial charge in [0.2, 0.25) is 11.8 Å². The number of rotatable bonds is 19. The number of benzene rings is 3. The van der Waals surface area contributed by atoms with E-state index in [0.29, 0.717) is 39.5 Å². The van der Waals surface area contributed by atoms with Crippen molar-refractivity contribution in [2.45, 2.75) is 110 Å². The van der Waals surface area contributed by atoms with Crippen molar-refractivity contribution in [2.24, 2.45) is 29.0 Å². The number of aryl methyl sites for hydroxylation is 2. The Labute approximate surface area is 410 Å². The SMILES string of the molecule is Cc1nc(-c2ccc(C(C)(C)C)cc2)nc(C)c1C(=O)C[C@@H](CCN)C(=O)N(C)[C@@H]1C(=O)C[C@@H](C)C(=O)N[C@H](C(=O)CCC#N)Cc2ccc(OC[C@H](O)CN)c(c2)-c2cc1ccc2OC[C@H](O)CN. The number of nitrogens with two attached hydrogens (primary N) is 3. The van der Waals surface area contributed by atoms with Crippen LogP contribution in [0, 0.1) is 37.0 Å². The maximum Gasteiger partial charge on any atom is 0.226 e. The normalized spacial score (nSPS) is 17.6. The Kier molecular flexibility index (Phi) is 19.0. The summed E-state index contributed by atoms with van der Waals surface area (Å²) in [5.41, 5.74) is 22.2. The monoisotopic (exact) mass is 961 g/mol. The maximum atomic E-state index is 14.9.